The predicted octanol–water partition coefficient (Wildman–Crippen LogP) is 2.17. The Morgan fingerprint density at radius 2 is 2.20 bits per heavy atom. The maximum Gasteiger partial charge on any atom is 0.191 e. The number of rotatable bonds is 4. The minimum absolute atomic E-state index is 0.674. The molecule has 0 amide bonds. The Labute approximate surface area is 88.3 Å². The molecule has 80 valence electrons. The molecule has 0 bridgehead atoms. The average Bonchev–Trinajstić information content (AvgIpc) is 2.77. The van der Waals surface area contributed by atoms with Crippen molar-refractivity contribution >= 4 is 0 Å². The molecule has 0 fully saturated rings. The van der Waals surface area contributed by atoms with Crippen molar-refractivity contribution in [1.82, 2.24) is 10.3 Å². The normalized spacial score (nSPS) is 10.8. The molecule has 0 aliphatic rings. The third-order valence-electron chi connectivity index (χ3n) is 2.16. The van der Waals surface area contributed by atoms with Crippen LogP contribution in [0.25, 0.3) is 0 Å². The smallest absolute Gasteiger partial charge is 0.191 e. The summed E-state index contributed by atoms with van der Waals surface area (Å²) >= 11 is 0. The summed E-state index contributed by atoms with van der Waals surface area (Å²) in [6.07, 6.45) is 1.67. The molecule has 2 aromatic heterocycles. The van der Waals surface area contributed by atoms with Crippen LogP contribution in [0.15, 0.2) is 27.2 Å². The van der Waals surface area contributed by atoms with Crippen LogP contribution >= 0.6 is 0 Å². The number of nitrogens with one attached hydrogen (secondary N) is 1. The van der Waals surface area contributed by atoms with Gasteiger partial charge in [0, 0.05) is 6.92 Å². The highest BCUT2D eigenvalue weighted by molar-refractivity contribution is 5.07. The van der Waals surface area contributed by atoms with Crippen molar-refractivity contribution in [2.75, 3.05) is 0 Å². The molecule has 0 aliphatic carbocycles. The number of hydrogen-bond donors (Lipinski definition) is 1. The fourth-order valence-corrected chi connectivity index (χ4v) is 1.45. The SMILES string of the molecule is Cc1nc(C)c(CNCc2ccco2)o1. The van der Waals surface area contributed by atoms with E-state index in [9.17, 15) is 0 Å². The summed E-state index contributed by atoms with van der Waals surface area (Å²) < 4.78 is 10.6. The minimum Gasteiger partial charge on any atom is -0.468 e. The van der Waals surface area contributed by atoms with Gasteiger partial charge in [0.05, 0.1) is 25.0 Å². The van der Waals surface area contributed by atoms with E-state index in [2.05, 4.69) is 10.3 Å². The third-order valence-corrected chi connectivity index (χ3v) is 2.16. The van der Waals surface area contributed by atoms with Crippen molar-refractivity contribution < 1.29 is 8.83 Å². The van der Waals surface area contributed by atoms with Gasteiger partial charge in [0.2, 0.25) is 0 Å². The van der Waals surface area contributed by atoms with Crippen molar-refractivity contribution in [3.05, 3.63) is 41.5 Å². The first-order valence-corrected chi connectivity index (χ1v) is 4.91. The van der Waals surface area contributed by atoms with Crippen molar-refractivity contribution in [3.63, 3.8) is 0 Å². The first kappa shape index (κ1) is 9.98. The van der Waals surface area contributed by atoms with Gasteiger partial charge in [0.1, 0.15) is 11.5 Å². The summed E-state index contributed by atoms with van der Waals surface area (Å²) in [5.74, 6) is 2.52. The van der Waals surface area contributed by atoms with Crippen LogP contribution in [-0.4, -0.2) is 4.98 Å². The molecule has 0 saturated heterocycles. The molecule has 0 saturated carbocycles. The van der Waals surface area contributed by atoms with Crippen molar-refractivity contribution in [3.8, 4) is 0 Å². The molecule has 0 radical (unpaired) electrons. The van der Waals surface area contributed by atoms with E-state index in [0.29, 0.717) is 19.0 Å². The van der Waals surface area contributed by atoms with E-state index >= 15 is 0 Å². The Hall–Kier alpha value is -1.55. The highest BCUT2D eigenvalue weighted by Gasteiger charge is 2.05. The molecule has 0 atom stereocenters. The third kappa shape index (κ3) is 2.47. The molecule has 0 unspecified atom stereocenters. The summed E-state index contributed by atoms with van der Waals surface area (Å²) in [6.45, 7) is 5.17. The first-order valence-electron chi connectivity index (χ1n) is 4.91. The molecule has 2 rings (SSSR count). The molecular formula is C11H14N2O2. The summed E-state index contributed by atoms with van der Waals surface area (Å²) in [5, 5.41) is 3.23. The lowest BCUT2D eigenvalue weighted by Gasteiger charge is -1.99. The van der Waals surface area contributed by atoms with Crippen molar-refractivity contribution in [1.29, 1.82) is 0 Å². The van der Waals surface area contributed by atoms with Gasteiger partial charge in [-0.1, -0.05) is 0 Å². The Kier molecular flexibility index (Phi) is 2.87. The molecule has 4 nitrogen and oxygen atoms in total. The van der Waals surface area contributed by atoms with Gasteiger partial charge < -0.3 is 14.2 Å². The molecule has 0 aromatic carbocycles. The minimum atomic E-state index is 0.674. The molecular weight excluding hydrogens is 192 g/mol. The lowest BCUT2D eigenvalue weighted by atomic mass is 10.3. The number of nitrogens with zero attached hydrogens (tertiary/aromatic N) is 1. The molecule has 4 heteroatoms. The fourth-order valence-electron chi connectivity index (χ4n) is 1.45. The fraction of sp³-hybridized carbons (Fsp3) is 0.364. The van der Waals surface area contributed by atoms with Gasteiger partial charge in [0.25, 0.3) is 0 Å². The van der Waals surface area contributed by atoms with Crippen molar-refractivity contribution in [2.24, 2.45) is 0 Å². The zero-order chi connectivity index (χ0) is 10.7. The number of furan rings is 1. The summed E-state index contributed by atoms with van der Waals surface area (Å²) in [5.41, 5.74) is 0.944. The van der Waals surface area contributed by atoms with Crippen LogP contribution < -0.4 is 5.32 Å². The molecule has 15 heavy (non-hydrogen) atoms. The van der Waals surface area contributed by atoms with Gasteiger partial charge in [0.15, 0.2) is 5.89 Å². The predicted molar refractivity (Wildman–Crippen MR) is 55.2 cm³/mol. The quantitative estimate of drug-likeness (QED) is 0.833. The van der Waals surface area contributed by atoms with Crippen LogP contribution in [0.5, 0.6) is 0 Å². The van der Waals surface area contributed by atoms with Crippen LogP contribution in [0.2, 0.25) is 0 Å². The van der Waals surface area contributed by atoms with Gasteiger partial charge in [-0.2, -0.15) is 0 Å². The lowest BCUT2D eigenvalue weighted by molar-refractivity contribution is 0.435. The average molecular weight is 206 g/mol. The second-order valence-corrected chi connectivity index (χ2v) is 3.42. The molecule has 0 spiro atoms. The number of oxazole rings is 1. The zero-order valence-electron chi connectivity index (χ0n) is 8.91. The Bertz CT molecular complexity index is 418. The Morgan fingerprint density at radius 1 is 1.33 bits per heavy atom. The number of hydrogen-bond acceptors (Lipinski definition) is 4. The molecule has 2 aromatic rings. The van der Waals surface area contributed by atoms with Gasteiger partial charge in [-0.15, -0.1) is 0 Å². The van der Waals surface area contributed by atoms with E-state index in [1.165, 1.54) is 0 Å². The lowest BCUT2D eigenvalue weighted by Crippen LogP contribution is -2.12. The summed E-state index contributed by atoms with van der Waals surface area (Å²) in [6, 6.07) is 3.81. The van der Waals surface area contributed by atoms with Gasteiger partial charge in [-0.25, -0.2) is 4.98 Å². The topological polar surface area (TPSA) is 51.2 Å². The Balaban J connectivity index is 1.86. The van der Waals surface area contributed by atoms with Crippen LogP contribution in [0, 0.1) is 13.8 Å². The molecule has 0 aliphatic heterocycles. The number of aryl methyl sites for hydroxylation is 2. The van der Waals surface area contributed by atoms with Crippen molar-refractivity contribution in [2.45, 2.75) is 26.9 Å². The maximum atomic E-state index is 5.43. The van der Waals surface area contributed by atoms with Crippen LogP contribution in [0.3, 0.4) is 0 Å². The maximum absolute atomic E-state index is 5.43. The van der Waals surface area contributed by atoms with Crippen LogP contribution in [0.4, 0.5) is 0 Å². The monoisotopic (exact) mass is 206 g/mol. The summed E-state index contributed by atoms with van der Waals surface area (Å²) in [7, 11) is 0. The van der Waals surface area contributed by atoms with Gasteiger partial charge in [-0.05, 0) is 19.1 Å². The second-order valence-electron chi connectivity index (χ2n) is 3.42. The Morgan fingerprint density at radius 3 is 2.80 bits per heavy atom. The van der Waals surface area contributed by atoms with E-state index in [1.807, 2.05) is 26.0 Å². The number of aromatic nitrogens is 1. The van der Waals surface area contributed by atoms with E-state index in [4.69, 9.17) is 8.83 Å². The molecule has 1 N–H and O–H groups in total. The second kappa shape index (κ2) is 4.31. The van der Waals surface area contributed by atoms with E-state index in [0.717, 1.165) is 17.2 Å². The highest BCUT2D eigenvalue weighted by Crippen LogP contribution is 2.09. The molecule has 2 heterocycles. The van der Waals surface area contributed by atoms with E-state index in [1.54, 1.807) is 6.26 Å². The van der Waals surface area contributed by atoms with Gasteiger partial charge >= 0.3 is 0 Å². The van der Waals surface area contributed by atoms with E-state index < -0.39 is 0 Å². The largest absolute Gasteiger partial charge is 0.468 e. The first-order chi connectivity index (χ1) is 7.25. The zero-order valence-corrected chi connectivity index (χ0v) is 8.91. The van der Waals surface area contributed by atoms with Crippen LogP contribution in [0.1, 0.15) is 23.1 Å². The standard InChI is InChI=1S/C11H14N2O2/c1-8-11(15-9(2)13-8)7-12-6-10-4-3-5-14-10/h3-5,12H,6-7H2,1-2H3. The highest BCUT2D eigenvalue weighted by atomic mass is 16.4. The summed E-state index contributed by atoms with van der Waals surface area (Å²) in [4.78, 5) is 4.20. The van der Waals surface area contributed by atoms with Crippen LogP contribution in [-0.2, 0) is 13.1 Å². The van der Waals surface area contributed by atoms with Gasteiger partial charge in [-0.3, -0.25) is 0 Å². The van der Waals surface area contributed by atoms with E-state index in [-0.39, 0.29) is 0 Å².